The topological polar surface area (TPSA) is 93.7 Å². The van der Waals surface area contributed by atoms with Crippen molar-refractivity contribution in [3.8, 4) is 11.1 Å². The second-order valence-corrected chi connectivity index (χ2v) is 9.36. The summed E-state index contributed by atoms with van der Waals surface area (Å²) in [4.78, 5) is 14.2. The van der Waals surface area contributed by atoms with Gasteiger partial charge in [0.25, 0.3) is 0 Å². The highest BCUT2D eigenvalue weighted by Gasteiger charge is 2.22. The van der Waals surface area contributed by atoms with Crippen molar-refractivity contribution >= 4 is 34.3 Å². The fourth-order valence-corrected chi connectivity index (χ4v) is 4.92. The van der Waals surface area contributed by atoms with E-state index in [1.165, 1.54) is 42.4 Å². The summed E-state index contributed by atoms with van der Waals surface area (Å²) in [6, 6.07) is 11.3. The minimum absolute atomic E-state index is 0.0205. The highest BCUT2D eigenvalue weighted by molar-refractivity contribution is 7.08. The molecule has 0 spiro atoms. The van der Waals surface area contributed by atoms with E-state index >= 15 is 0 Å². The summed E-state index contributed by atoms with van der Waals surface area (Å²) in [6.45, 7) is 3.25. The number of hydrogen-bond acceptors (Lipinski definition) is 7. The lowest BCUT2D eigenvalue weighted by Crippen LogP contribution is -2.26. The van der Waals surface area contributed by atoms with E-state index in [0.717, 1.165) is 17.0 Å². The molecule has 7 nitrogen and oxygen atoms in total. The molecule has 4 N–H and O–H groups in total. The molecule has 1 unspecified atom stereocenters. The second-order valence-electron chi connectivity index (χ2n) is 8.58. The van der Waals surface area contributed by atoms with Crippen molar-refractivity contribution in [1.82, 2.24) is 19.5 Å². The summed E-state index contributed by atoms with van der Waals surface area (Å²) >= 11 is 1.72. The van der Waals surface area contributed by atoms with Gasteiger partial charge in [0.15, 0.2) is 17.0 Å². The van der Waals surface area contributed by atoms with Gasteiger partial charge in [-0.05, 0) is 53.3 Å². The number of nitrogens with one attached hydrogen (secondary N) is 2. The van der Waals surface area contributed by atoms with Crippen LogP contribution in [0.15, 0.2) is 47.4 Å². The van der Waals surface area contributed by atoms with E-state index in [-0.39, 0.29) is 6.04 Å². The smallest absolute Gasteiger partial charge is 0.226 e. The molecule has 3 aromatic heterocycles. The molecule has 4 aromatic rings. The summed E-state index contributed by atoms with van der Waals surface area (Å²) in [5, 5.41) is 11.0. The van der Waals surface area contributed by atoms with Crippen LogP contribution >= 0.6 is 11.3 Å². The van der Waals surface area contributed by atoms with Crippen LogP contribution in [0.2, 0.25) is 0 Å². The van der Waals surface area contributed by atoms with E-state index in [1.807, 2.05) is 13.3 Å². The SMILES string of the molecule is CC(N)CNc1nc(NCc2ccc(-c3ccsc3)cc2)c2ncn(C3CCCC3)c2n1. The van der Waals surface area contributed by atoms with Crippen LogP contribution in [0.4, 0.5) is 11.8 Å². The fraction of sp³-hybridized carbons (Fsp3) is 0.375. The van der Waals surface area contributed by atoms with Gasteiger partial charge in [0.05, 0.1) is 6.33 Å². The van der Waals surface area contributed by atoms with Crippen LogP contribution in [-0.2, 0) is 6.54 Å². The molecule has 8 heteroatoms. The zero-order valence-corrected chi connectivity index (χ0v) is 19.1. The molecular weight excluding hydrogens is 418 g/mol. The van der Waals surface area contributed by atoms with Crippen LogP contribution < -0.4 is 16.4 Å². The van der Waals surface area contributed by atoms with Crippen LogP contribution in [0.1, 0.15) is 44.2 Å². The minimum Gasteiger partial charge on any atom is -0.364 e. The van der Waals surface area contributed by atoms with E-state index in [9.17, 15) is 0 Å². The van der Waals surface area contributed by atoms with E-state index in [4.69, 9.17) is 15.7 Å². The average Bonchev–Trinajstić information content (AvgIpc) is 3.57. The Labute approximate surface area is 192 Å². The lowest BCUT2D eigenvalue weighted by atomic mass is 10.1. The number of nitrogens with zero attached hydrogens (tertiary/aromatic N) is 4. The highest BCUT2D eigenvalue weighted by Crippen LogP contribution is 2.33. The molecule has 3 heterocycles. The predicted octanol–water partition coefficient (Wildman–Crippen LogP) is 5.04. The van der Waals surface area contributed by atoms with E-state index in [0.29, 0.717) is 25.1 Å². The van der Waals surface area contributed by atoms with Crippen LogP contribution in [0.25, 0.3) is 22.3 Å². The first-order valence-electron chi connectivity index (χ1n) is 11.3. The summed E-state index contributed by atoms with van der Waals surface area (Å²) < 4.78 is 2.22. The number of hydrogen-bond donors (Lipinski definition) is 3. The van der Waals surface area contributed by atoms with Gasteiger partial charge >= 0.3 is 0 Å². The lowest BCUT2D eigenvalue weighted by molar-refractivity contribution is 0.529. The van der Waals surface area contributed by atoms with Crippen molar-refractivity contribution in [3.05, 3.63) is 53.0 Å². The molecule has 1 atom stereocenters. The maximum Gasteiger partial charge on any atom is 0.226 e. The van der Waals surface area contributed by atoms with E-state index < -0.39 is 0 Å². The molecule has 32 heavy (non-hydrogen) atoms. The van der Waals surface area contributed by atoms with Crippen molar-refractivity contribution < 1.29 is 0 Å². The van der Waals surface area contributed by atoms with Gasteiger partial charge in [-0.25, -0.2) is 4.98 Å². The third-order valence-electron chi connectivity index (χ3n) is 5.99. The molecule has 0 aliphatic heterocycles. The molecule has 0 saturated heterocycles. The van der Waals surface area contributed by atoms with Gasteiger partial charge in [0.2, 0.25) is 5.95 Å². The number of imidazole rings is 1. The van der Waals surface area contributed by atoms with Crippen LogP contribution in [0.3, 0.4) is 0 Å². The standard InChI is InChI=1S/C24H29N7S/c1-16(25)12-27-24-29-22(21-23(30-24)31(15-28-21)20-4-2-3-5-20)26-13-17-6-8-18(9-7-17)19-10-11-32-14-19/h6-11,14-16,20H,2-5,12-13,25H2,1H3,(H2,26,27,29,30). The number of thiophene rings is 1. The highest BCUT2D eigenvalue weighted by atomic mass is 32.1. The average molecular weight is 448 g/mol. The first-order chi connectivity index (χ1) is 15.7. The van der Waals surface area contributed by atoms with Crippen molar-refractivity contribution in [2.24, 2.45) is 5.73 Å². The van der Waals surface area contributed by atoms with Gasteiger partial charge in [0.1, 0.15) is 0 Å². The van der Waals surface area contributed by atoms with Crippen molar-refractivity contribution in [2.75, 3.05) is 17.2 Å². The number of benzene rings is 1. The maximum atomic E-state index is 5.93. The number of aromatic nitrogens is 4. The minimum atomic E-state index is 0.0205. The predicted molar refractivity (Wildman–Crippen MR) is 132 cm³/mol. The van der Waals surface area contributed by atoms with Gasteiger partial charge in [0, 0.05) is 25.2 Å². The third kappa shape index (κ3) is 4.47. The van der Waals surface area contributed by atoms with Gasteiger partial charge in [-0.1, -0.05) is 37.1 Å². The Kier molecular flexibility index (Phi) is 6.05. The fourth-order valence-electron chi connectivity index (χ4n) is 4.25. The summed E-state index contributed by atoms with van der Waals surface area (Å²) in [5.74, 6) is 1.34. The number of anilines is 2. The first kappa shape index (κ1) is 20.9. The van der Waals surface area contributed by atoms with Crippen LogP contribution in [-0.4, -0.2) is 32.1 Å². The Morgan fingerprint density at radius 3 is 2.62 bits per heavy atom. The van der Waals surface area contributed by atoms with Crippen molar-refractivity contribution in [3.63, 3.8) is 0 Å². The summed E-state index contributed by atoms with van der Waals surface area (Å²) in [5.41, 5.74) is 11.3. The Balaban J connectivity index is 1.40. The largest absolute Gasteiger partial charge is 0.364 e. The van der Waals surface area contributed by atoms with Gasteiger partial charge < -0.3 is 20.9 Å². The molecule has 1 aromatic carbocycles. The quantitative estimate of drug-likeness (QED) is 0.350. The Morgan fingerprint density at radius 2 is 1.91 bits per heavy atom. The zero-order valence-electron chi connectivity index (χ0n) is 18.3. The molecule has 1 aliphatic rings. The summed E-state index contributed by atoms with van der Waals surface area (Å²) in [7, 11) is 0. The zero-order chi connectivity index (χ0) is 21.9. The third-order valence-corrected chi connectivity index (χ3v) is 6.67. The van der Waals surface area contributed by atoms with E-state index in [1.54, 1.807) is 11.3 Å². The second kappa shape index (κ2) is 9.26. The van der Waals surface area contributed by atoms with Gasteiger partial charge in [-0.15, -0.1) is 0 Å². The summed E-state index contributed by atoms with van der Waals surface area (Å²) in [6.07, 6.45) is 6.80. The molecule has 1 aliphatic carbocycles. The van der Waals surface area contributed by atoms with Crippen LogP contribution in [0.5, 0.6) is 0 Å². The monoisotopic (exact) mass is 447 g/mol. The molecule has 0 radical (unpaired) electrons. The molecule has 1 fully saturated rings. The maximum absolute atomic E-state index is 5.93. The number of rotatable bonds is 8. The molecule has 5 rings (SSSR count). The van der Waals surface area contributed by atoms with Crippen molar-refractivity contribution in [1.29, 1.82) is 0 Å². The molecule has 166 valence electrons. The number of fused-ring (bicyclic) bond motifs is 1. The normalized spacial score (nSPS) is 15.3. The van der Waals surface area contributed by atoms with Crippen LogP contribution in [0, 0.1) is 0 Å². The Hall–Kier alpha value is -2.97. The first-order valence-corrected chi connectivity index (χ1v) is 12.2. The Bertz CT molecular complexity index is 1160. The van der Waals surface area contributed by atoms with Gasteiger partial charge in [-0.2, -0.15) is 21.3 Å². The van der Waals surface area contributed by atoms with Crippen molar-refractivity contribution in [2.45, 2.75) is 51.2 Å². The molecule has 0 bridgehead atoms. The van der Waals surface area contributed by atoms with Gasteiger partial charge in [-0.3, -0.25) is 0 Å². The number of nitrogens with two attached hydrogens (primary N) is 1. The molecular formula is C24H29N7S. The Morgan fingerprint density at radius 1 is 1.09 bits per heavy atom. The molecule has 0 amide bonds. The molecule has 1 saturated carbocycles. The lowest BCUT2D eigenvalue weighted by Gasteiger charge is -2.14. The van der Waals surface area contributed by atoms with E-state index in [2.05, 4.69) is 61.3 Å².